The number of benzene rings is 1. The molecule has 0 bridgehead atoms. The van der Waals surface area contributed by atoms with Crippen molar-refractivity contribution in [2.75, 3.05) is 18.4 Å². The number of carboxylic acid groups (broad SMARTS) is 1. The second kappa shape index (κ2) is 11.4. The van der Waals surface area contributed by atoms with Crippen molar-refractivity contribution >= 4 is 47.8 Å². The molecule has 4 N–H and O–H groups in total. The van der Waals surface area contributed by atoms with E-state index in [1.165, 1.54) is 6.07 Å². The fourth-order valence-corrected chi connectivity index (χ4v) is 3.68. The maximum absolute atomic E-state index is 11.6. The van der Waals surface area contributed by atoms with Crippen molar-refractivity contribution in [1.29, 1.82) is 0 Å². The van der Waals surface area contributed by atoms with Crippen LogP contribution in [-0.4, -0.2) is 54.9 Å². The molecule has 1 aliphatic rings. The number of nitrogens with one attached hydrogen (secondary N) is 2. The third kappa shape index (κ3) is 5.76. The Morgan fingerprint density at radius 3 is 2.79 bits per heavy atom. The Hall–Kier alpha value is -2.82. The van der Waals surface area contributed by atoms with Crippen molar-refractivity contribution in [2.24, 2.45) is 0 Å². The molecule has 1 fully saturated rings. The molecule has 2 aromatic heterocycles. The highest BCUT2D eigenvalue weighted by Crippen LogP contribution is 2.27. The second-order valence-corrected chi connectivity index (χ2v) is 7.83. The molecule has 3 heterocycles. The monoisotopic (exact) mass is 498 g/mol. The normalized spacial score (nSPS) is 15.5. The van der Waals surface area contributed by atoms with Crippen LogP contribution in [0.2, 0.25) is 0 Å². The lowest BCUT2D eigenvalue weighted by atomic mass is 10.1. The molecule has 0 amide bonds. The molecule has 0 aliphatic carbocycles. The van der Waals surface area contributed by atoms with Gasteiger partial charge < -0.3 is 30.2 Å². The number of piperidine rings is 1. The molecule has 0 radical (unpaired) electrons. The minimum Gasteiger partial charge on any atom is -0.507 e. The van der Waals surface area contributed by atoms with Gasteiger partial charge in [-0.25, -0.2) is 9.78 Å². The Labute approximate surface area is 203 Å². The molecule has 0 spiro atoms. The van der Waals surface area contributed by atoms with E-state index in [0.29, 0.717) is 22.5 Å². The molecule has 1 aromatic carbocycles. The summed E-state index contributed by atoms with van der Waals surface area (Å²) in [6.45, 7) is 5.92. The van der Waals surface area contributed by atoms with E-state index in [4.69, 9.17) is 4.74 Å². The molecule has 0 unspecified atom stereocenters. The van der Waals surface area contributed by atoms with Crippen molar-refractivity contribution in [1.82, 2.24) is 24.8 Å². The van der Waals surface area contributed by atoms with Gasteiger partial charge in [-0.05, 0) is 44.9 Å². The zero-order valence-electron chi connectivity index (χ0n) is 18.3. The number of hydrogen-bond donors (Lipinski definition) is 4. The first-order chi connectivity index (χ1) is 14.9. The SMILES string of the molecule is CC(C)n1cnc2c(NCc3cccc(O)c3C(=O)O)nc(O[C@@H]3CCCNC3)nc21.Cl.Cl. The summed E-state index contributed by atoms with van der Waals surface area (Å²) < 4.78 is 7.98. The Balaban J connectivity index is 0.00000193. The number of imidazole rings is 1. The van der Waals surface area contributed by atoms with Crippen molar-refractivity contribution in [3.05, 3.63) is 35.7 Å². The fraction of sp³-hybridized carbons (Fsp3) is 0.429. The number of carbonyl (C=O) groups is 1. The summed E-state index contributed by atoms with van der Waals surface area (Å²) in [6, 6.07) is 4.99. The summed E-state index contributed by atoms with van der Waals surface area (Å²) in [7, 11) is 0. The Morgan fingerprint density at radius 2 is 2.12 bits per heavy atom. The first-order valence-corrected chi connectivity index (χ1v) is 10.3. The highest BCUT2D eigenvalue weighted by molar-refractivity contribution is 5.92. The van der Waals surface area contributed by atoms with E-state index < -0.39 is 5.97 Å². The van der Waals surface area contributed by atoms with Crippen LogP contribution < -0.4 is 15.4 Å². The van der Waals surface area contributed by atoms with Gasteiger partial charge in [0.25, 0.3) is 0 Å². The van der Waals surface area contributed by atoms with Gasteiger partial charge in [-0.1, -0.05) is 12.1 Å². The van der Waals surface area contributed by atoms with E-state index in [0.717, 1.165) is 25.9 Å². The van der Waals surface area contributed by atoms with Gasteiger partial charge in [0.05, 0.1) is 6.33 Å². The van der Waals surface area contributed by atoms with E-state index in [2.05, 4.69) is 25.6 Å². The number of nitrogens with zero attached hydrogens (tertiary/aromatic N) is 4. The minimum absolute atomic E-state index is 0. The van der Waals surface area contributed by atoms with Crippen LogP contribution in [0.1, 0.15) is 48.7 Å². The Bertz CT molecular complexity index is 1100. The number of aromatic hydroxyl groups is 1. The Morgan fingerprint density at radius 1 is 1.33 bits per heavy atom. The summed E-state index contributed by atoms with van der Waals surface area (Å²) in [5.41, 5.74) is 1.50. The van der Waals surface area contributed by atoms with Crippen LogP contribution in [-0.2, 0) is 6.54 Å². The Kier molecular flexibility index (Phi) is 9.09. The molecule has 10 nitrogen and oxygen atoms in total. The van der Waals surface area contributed by atoms with Gasteiger partial charge in [-0.3, -0.25) is 0 Å². The number of aromatic carboxylic acids is 1. The lowest BCUT2D eigenvalue weighted by Crippen LogP contribution is -2.37. The maximum atomic E-state index is 11.6. The number of phenols is 1. The maximum Gasteiger partial charge on any atom is 0.339 e. The standard InChI is InChI=1S/C21H26N6O4.2ClH/c1-12(2)27-11-24-17-18(23-9-13-5-3-7-15(28)16(13)20(29)30)25-21(26-19(17)27)31-14-6-4-8-22-10-14;;/h3,5,7,11-12,14,22,28H,4,6,8-10H2,1-2H3,(H,29,30)(H,23,25,26);2*1H/t14-;;/m1../s1. The molecule has 180 valence electrons. The summed E-state index contributed by atoms with van der Waals surface area (Å²) >= 11 is 0. The van der Waals surface area contributed by atoms with Gasteiger partial charge >= 0.3 is 12.0 Å². The molecular formula is C21H28Cl2N6O4. The number of fused-ring (bicyclic) bond motifs is 1. The average molecular weight is 499 g/mol. The number of anilines is 1. The average Bonchev–Trinajstić information content (AvgIpc) is 3.17. The van der Waals surface area contributed by atoms with E-state index >= 15 is 0 Å². The molecule has 12 heteroatoms. The van der Waals surface area contributed by atoms with Crippen LogP contribution in [0.15, 0.2) is 24.5 Å². The van der Waals surface area contributed by atoms with E-state index in [-0.39, 0.29) is 60.8 Å². The smallest absolute Gasteiger partial charge is 0.339 e. The second-order valence-electron chi connectivity index (χ2n) is 7.83. The predicted molar refractivity (Wildman–Crippen MR) is 129 cm³/mol. The van der Waals surface area contributed by atoms with Crippen LogP contribution in [0.5, 0.6) is 11.8 Å². The van der Waals surface area contributed by atoms with E-state index in [9.17, 15) is 15.0 Å². The molecule has 1 aliphatic heterocycles. The molecule has 0 saturated carbocycles. The zero-order valence-corrected chi connectivity index (χ0v) is 19.9. The lowest BCUT2D eigenvalue weighted by Gasteiger charge is -2.23. The lowest BCUT2D eigenvalue weighted by molar-refractivity contribution is 0.0692. The van der Waals surface area contributed by atoms with Gasteiger partial charge in [0.1, 0.15) is 17.4 Å². The highest BCUT2D eigenvalue weighted by Gasteiger charge is 2.21. The van der Waals surface area contributed by atoms with Gasteiger partial charge in [0, 0.05) is 19.1 Å². The van der Waals surface area contributed by atoms with Crippen molar-refractivity contribution < 1.29 is 19.7 Å². The van der Waals surface area contributed by atoms with Crippen LogP contribution in [0, 0.1) is 0 Å². The zero-order chi connectivity index (χ0) is 22.0. The topological polar surface area (TPSA) is 134 Å². The number of aromatic nitrogens is 4. The highest BCUT2D eigenvalue weighted by atomic mass is 35.5. The molecular weight excluding hydrogens is 471 g/mol. The first-order valence-electron chi connectivity index (χ1n) is 10.3. The van der Waals surface area contributed by atoms with Crippen molar-refractivity contribution in [3.8, 4) is 11.8 Å². The van der Waals surface area contributed by atoms with Crippen LogP contribution in [0.4, 0.5) is 5.82 Å². The summed E-state index contributed by atoms with van der Waals surface area (Å²) in [5.74, 6) is -1.03. The third-order valence-corrected chi connectivity index (χ3v) is 5.27. The molecule has 33 heavy (non-hydrogen) atoms. The number of ether oxygens (including phenoxy) is 1. The number of hydrogen-bond acceptors (Lipinski definition) is 8. The molecule has 1 saturated heterocycles. The minimum atomic E-state index is -1.19. The van der Waals surface area contributed by atoms with E-state index in [1.807, 2.05) is 18.4 Å². The van der Waals surface area contributed by atoms with E-state index in [1.54, 1.807) is 18.5 Å². The largest absolute Gasteiger partial charge is 0.507 e. The van der Waals surface area contributed by atoms with Crippen LogP contribution in [0.3, 0.4) is 0 Å². The van der Waals surface area contributed by atoms with Gasteiger partial charge in [0.2, 0.25) is 0 Å². The summed E-state index contributed by atoms with van der Waals surface area (Å²) in [5, 5.41) is 25.9. The summed E-state index contributed by atoms with van der Waals surface area (Å²) in [6.07, 6.45) is 3.64. The predicted octanol–water partition coefficient (Wildman–Crippen LogP) is 3.40. The fourth-order valence-electron chi connectivity index (χ4n) is 3.68. The molecule has 4 rings (SSSR count). The quantitative estimate of drug-likeness (QED) is 0.386. The van der Waals surface area contributed by atoms with Crippen molar-refractivity contribution in [3.63, 3.8) is 0 Å². The van der Waals surface area contributed by atoms with Crippen LogP contribution in [0.25, 0.3) is 11.2 Å². The summed E-state index contributed by atoms with van der Waals surface area (Å²) in [4.78, 5) is 25.1. The van der Waals surface area contributed by atoms with Gasteiger partial charge in [0.15, 0.2) is 17.0 Å². The number of carboxylic acids is 1. The first kappa shape index (κ1) is 26.4. The van der Waals surface area contributed by atoms with Crippen LogP contribution >= 0.6 is 24.8 Å². The molecule has 3 aromatic rings. The number of halogens is 2. The van der Waals surface area contributed by atoms with Gasteiger partial charge in [-0.15, -0.1) is 24.8 Å². The molecule has 1 atom stereocenters. The van der Waals surface area contributed by atoms with Crippen molar-refractivity contribution in [2.45, 2.75) is 45.4 Å². The third-order valence-electron chi connectivity index (χ3n) is 5.27. The van der Waals surface area contributed by atoms with Gasteiger partial charge in [-0.2, -0.15) is 9.97 Å². The number of rotatable bonds is 7.